The number of esters is 1. The summed E-state index contributed by atoms with van der Waals surface area (Å²) in [5, 5.41) is 13.7. The summed E-state index contributed by atoms with van der Waals surface area (Å²) < 4.78 is 5.02. The van der Waals surface area contributed by atoms with Crippen molar-refractivity contribution < 1.29 is 19.2 Å². The Morgan fingerprint density at radius 3 is 2.07 bits per heavy atom. The van der Waals surface area contributed by atoms with Crippen LogP contribution in [-0.4, -0.2) is 23.4 Å². The van der Waals surface area contributed by atoms with Crippen molar-refractivity contribution in [2.24, 2.45) is 0 Å². The number of nitrogens with two attached hydrogens (primary N) is 1. The van der Waals surface area contributed by atoms with Crippen LogP contribution in [0.1, 0.15) is 27.5 Å². The molecular weight excluding hydrogens is 386 g/mol. The summed E-state index contributed by atoms with van der Waals surface area (Å²) in [6, 6.07) is 21.8. The first-order valence-electron chi connectivity index (χ1n) is 9.06. The molecule has 8 heteroatoms. The van der Waals surface area contributed by atoms with Crippen LogP contribution >= 0.6 is 0 Å². The first-order chi connectivity index (χ1) is 14.5. The fourth-order valence-electron chi connectivity index (χ4n) is 2.90. The maximum atomic E-state index is 12.5. The number of nitrogens with one attached hydrogen (secondary N) is 1. The Kier molecular flexibility index (Phi) is 6.39. The highest BCUT2D eigenvalue weighted by Gasteiger charge is 2.20. The number of non-ortho nitro benzene ring substituents is 1. The Morgan fingerprint density at radius 2 is 1.53 bits per heavy atom. The van der Waals surface area contributed by atoms with E-state index in [0.29, 0.717) is 0 Å². The quantitative estimate of drug-likeness (QED) is 0.269. The molecule has 1 amide bonds. The van der Waals surface area contributed by atoms with Gasteiger partial charge in [0.1, 0.15) is 0 Å². The summed E-state index contributed by atoms with van der Waals surface area (Å²) in [5.41, 5.74) is 7.00. The molecule has 0 aliphatic carbocycles. The molecule has 0 saturated carbocycles. The second-order valence-electron chi connectivity index (χ2n) is 6.43. The second-order valence-corrected chi connectivity index (χ2v) is 6.43. The van der Waals surface area contributed by atoms with E-state index >= 15 is 0 Å². The molecule has 3 N–H and O–H groups in total. The van der Waals surface area contributed by atoms with E-state index in [0.717, 1.165) is 17.2 Å². The fourth-order valence-corrected chi connectivity index (χ4v) is 2.90. The second kappa shape index (κ2) is 9.33. The van der Waals surface area contributed by atoms with Gasteiger partial charge in [-0.25, -0.2) is 4.79 Å². The lowest BCUT2D eigenvalue weighted by atomic mass is 9.99. The van der Waals surface area contributed by atoms with Gasteiger partial charge in [0.15, 0.2) is 6.61 Å². The van der Waals surface area contributed by atoms with E-state index in [2.05, 4.69) is 5.32 Å². The summed E-state index contributed by atoms with van der Waals surface area (Å²) >= 11 is 0. The van der Waals surface area contributed by atoms with Crippen LogP contribution in [0.2, 0.25) is 0 Å². The van der Waals surface area contributed by atoms with E-state index in [1.54, 1.807) is 0 Å². The molecule has 3 aromatic carbocycles. The lowest BCUT2D eigenvalue weighted by Gasteiger charge is -2.20. The summed E-state index contributed by atoms with van der Waals surface area (Å²) in [6.45, 7) is -0.558. The maximum absolute atomic E-state index is 12.5. The van der Waals surface area contributed by atoms with Crippen molar-refractivity contribution in [2.45, 2.75) is 6.04 Å². The van der Waals surface area contributed by atoms with Gasteiger partial charge < -0.3 is 15.8 Å². The normalized spacial score (nSPS) is 10.4. The van der Waals surface area contributed by atoms with Crippen LogP contribution in [0.3, 0.4) is 0 Å². The Hall–Kier alpha value is -4.20. The zero-order valence-corrected chi connectivity index (χ0v) is 15.9. The third-order valence-electron chi connectivity index (χ3n) is 4.37. The molecule has 3 rings (SSSR count). The number of nitrogen functional groups attached to an aromatic ring is 1. The summed E-state index contributed by atoms with van der Waals surface area (Å²) in [7, 11) is 0. The Morgan fingerprint density at radius 1 is 0.967 bits per heavy atom. The third kappa shape index (κ3) is 4.99. The Balaban J connectivity index is 1.70. The number of nitro benzene ring substituents is 1. The zero-order valence-electron chi connectivity index (χ0n) is 15.9. The number of amides is 1. The molecule has 8 nitrogen and oxygen atoms in total. The van der Waals surface area contributed by atoms with E-state index in [9.17, 15) is 19.7 Å². The Bertz CT molecular complexity index is 1020. The highest BCUT2D eigenvalue weighted by Crippen LogP contribution is 2.22. The van der Waals surface area contributed by atoms with Crippen LogP contribution in [0.15, 0.2) is 78.9 Å². The van der Waals surface area contributed by atoms with Crippen LogP contribution in [0, 0.1) is 10.1 Å². The van der Waals surface area contributed by atoms with Crippen LogP contribution in [0.4, 0.5) is 11.4 Å². The number of nitro groups is 1. The number of carbonyl (C=O) groups excluding carboxylic acids is 2. The summed E-state index contributed by atoms with van der Waals surface area (Å²) in [6.07, 6.45) is 0. The highest BCUT2D eigenvalue weighted by molar-refractivity contribution is 5.97. The van der Waals surface area contributed by atoms with Crippen LogP contribution in [0.25, 0.3) is 0 Å². The van der Waals surface area contributed by atoms with Gasteiger partial charge in [-0.15, -0.1) is 0 Å². The number of carbonyl (C=O) groups is 2. The van der Waals surface area contributed by atoms with Gasteiger partial charge in [-0.05, 0) is 17.2 Å². The number of ether oxygens (including phenoxy) is 1. The van der Waals surface area contributed by atoms with E-state index < -0.39 is 29.4 Å². The summed E-state index contributed by atoms with van der Waals surface area (Å²) in [4.78, 5) is 35.0. The predicted octanol–water partition coefficient (Wildman–Crippen LogP) is 3.24. The van der Waals surface area contributed by atoms with Gasteiger partial charge in [0, 0.05) is 17.8 Å². The molecule has 0 saturated heterocycles. The molecule has 0 radical (unpaired) electrons. The Labute approximate surface area is 172 Å². The minimum atomic E-state index is -0.915. The smallest absolute Gasteiger partial charge is 0.341 e. The van der Waals surface area contributed by atoms with Crippen molar-refractivity contribution >= 4 is 23.3 Å². The van der Waals surface area contributed by atoms with Crippen LogP contribution in [-0.2, 0) is 9.53 Å². The van der Waals surface area contributed by atoms with Gasteiger partial charge in [0.2, 0.25) is 0 Å². The number of benzene rings is 3. The van der Waals surface area contributed by atoms with Gasteiger partial charge in [0.25, 0.3) is 11.6 Å². The average Bonchev–Trinajstić information content (AvgIpc) is 2.77. The van der Waals surface area contributed by atoms with E-state index in [4.69, 9.17) is 10.5 Å². The molecule has 30 heavy (non-hydrogen) atoms. The minimum absolute atomic E-state index is 0.0254. The zero-order chi connectivity index (χ0) is 21.5. The summed E-state index contributed by atoms with van der Waals surface area (Å²) in [5.74, 6) is -1.44. The third-order valence-corrected chi connectivity index (χ3v) is 4.37. The van der Waals surface area contributed by atoms with E-state index in [1.165, 1.54) is 12.1 Å². The molecular formula is C22H19N3O5. The molecule has 0 aliphatic rings. The van der Waals surface area contributed by atoms with Gasteiger partial charge >= 0.3 is 5.97 Å². The van der Waals surface area contributed by atoms with Crippen molar-refractivity contribution in [2.75, 3.05) is 12.3 Å². The van der Waals surface area contributed by atoms with Gasteiger partial charge in [-0.3, -0.25) is 14.9 Å². The minimum Gasteiger partial charge on any atom is -0.452 e. The largest absolute Gasteiger partial charge is 0.452 e. The molecule has 0 heterocycles. The molecule has 0 bridgehead atoms. The molecule has 0 fully saturated rings. The topological polar surface area (TPSA) is 125 Å². The molecule has 152 valence electrons. The molecule has 0 spiro atoms. The molecule has 0 unspecified atom stereocenters. The monoisotopic (exact) mass is 405 g/mol. The van der Waals surface area contributed by atoms with Crippen molar-refractivity contribution in [1.29, 1.82) is 0 Å². The number of rotatable bonds is 7. The van der Waals surface area contributed by atoms with Gasteiger partial charge in [-0.1, -0.05) is 60.7 Å². The average molecular weight is 405 g/mol. The van der Waals surface area contributed by atoms with Crippen LogP contribution < -0.4 is 11.1 Å². The first kappa shape index (κ1) is 20.5. The number of hydrogen-bond donors (Lipinski definition) is 2. The van der Waals surface area contributed by atoms with Gasteiger partial charge in [0.05, 0.1) is 16.5 Å². The van der Waals surface area contributed by atoms with Crippen molar-refractivity contribution in [1.82, 2.24) is 5.32 Å². The number of anilines is 1. The van der Waals surface area contributed by atoms with Crippen molar-refractivity contribution in [3.05, 3.63) is 106 Å². The predicted molar refractivity (Wildman–Crippen MR) is 111 cm³/mol. The van der Waals surface area contributed by atoms with Crippen LogP contribution in [0.5, 0.6) is 0 Å². The fraction of sp³-hybridized carbons (Fsp3) is 0.0909. The molecule has 3 aromatic rings. The molecule has 0 aliphatic heterocycles. The van der Waals surface area contributed by atoms with Crippen molar-refractivity contribution in [3.8, 4) is 0 Å². The lowest BCUT2D eigenvalue weighted by Crippen LogP contribution is -2.33. The lowest BCUT2D eigenvalue weighted by molar-refractivity contribution is -0.384. The highest BCUT2D eigenvalue weighted by atomic mass is 16.6. The standard InChI is InChI=1S/C22H19N3O5/c23-19-12-11-17(25(28)29)13-18(19)22(27)30-14-20(26)24-21(15-7-3-1-4-8-15)16-9-5-2-6-10-16/h1-13,21H,14,23H2,(H,24,26). The number of hydrogen-bond acceptors (Lipinski definition) is 6. The van der Waals surface area contributed by atoms with E-state index in [-0.39, 0.29) is 16.9 Å². The first-order valence-corrected chi connectivity index (χ1v) is 9.06. The SMILES string of the molecule is Nc1ccc([N+](=O)[O-])cc1C(=O)OCC(=O)NC(c1ccccc1)c1ccccc1. The van der Waals surface area contributed by atoms with Crippen molar-refractivity contribution in [3.63, 3.8) is 0 Å². The molecule has 0 aromatic heterocycles. The number of nitrogens with zero attached hydrogens (tertiary/aromatic N) is 1. The maximum Gasteiger partial charge on any atom is 0.341 e. The van der Waals surface area contributed by atoms with E-state index in [1.807, 2.05) is 60.7 Å². The van der Waals surface area contributed by atoms with Gasteiger partial charge in [-0.2, -0.15) is 0 Å². The molecule has 0 atom stereocenters.